The molecule has 4 atom stereocenters. The van der Waals surface area contributed by atoms with Crippen LogP contribution in [0.3, 0.4) is 0 Å². The van der Waals surface area contributed by atoms with Crippen molar-refractivity contribution in [2.45, 2.75) is 24.5 Å². The van der Waals surface area contributed by atoms with Crippen LogP contribution in [0.1, 0.15) is 23.2 Å². The second-order valence-electron chi connectivity index (χ2n) is 7.86. The topological polar surface area (TPSA) is 117 Å². The number of benzene rings is 1. The zero-order chi connectivity index (χ0) is 18.8. The number of ether oxygens (including phenoxy) is 1. The number of fused-ring (bicyclic) bond motifs is 2. The molecule has 3 saturated heterocycles. The SMILES string of the molecule is CS(=O)(=O)NC[C@H]1[C@H]2CN(C(=O)c3ccc4n[nH]nc4c3)C[C@]23CC[C@H]1O3. The Morgan fingerprint density at radius 2 is 2.22 bits per heavy atom. The Balaban J connectivity index is 1.37. The van der Waals surface area contributed by atoms with Crippen LogP contribution in [0.5, 0.6) is 0 Å². The number of hydrogen-bond donors (Lipinski definition) is 2. The van der Waals surface area contributed by atoms with Gasteiger partial charge in [0.2, 0.25) is 10.0 Å². The van der Waals surface area contributed by atoms with Crippen molar-refractivity contribution in [2.24, 2.45) is 11.8 Å². The van der Waals surface area contributed by atoms with Gasteiger partial charge in [0, 0.05) is 30.5 Å². The maximum absolute atomic E-state index is 13.0. The molecule has 3 aliphatic heterocycles. The van der Waals surface area contributed by atoms with Crippen molar-refractivity contribution in [2.75, 3.05) is 25.9 Å². The third kappa shape index (κ3) is 2.74. The van der Waals surface area contributed by atoms with E-state index in [4.69, 9.17) is 4.74 Å². The number of rotatable bonds is 4. The van der Waals surface area contributed by atoms with Crippen LogP contribution >= 0.6 is 0 Å². The van der Waals surface area contributed by atoms with Crippen molar-refractivity contribution in [3.63, 3.8) is 0 Å². The Morgan fingerprint density at radius 3 is 3.04 bits per heavy atom. The third-order valence-corrected chi connectivity index (χ3v) is 6.91. The van der Waals surface area contributed by atoms with E-state index in [0.717, 1.165) is 18.4 Å². The van der Waals surface area contributed by atoms with Crippen LogP contribution in [0.15, 0.2) is 18.2 Å². The normalized spacial score (nSPS) is 32.3. The molecule has 9 nitrogen and oxygen atoms in total. The van der Waals surface area contributed by atoms with Gasteiger partial charge in [0.15, 0.2) is 0 Å². The van der Waals surface area contributed by atoms with Gasteiger partial charge in [-0.25, -0.2) is 13.1 Å². The van der Waals surface area contributed by atoms with Gasteiger partial charge >= 0.3 is 0 Å². The minimum absolute atomic E-state index is 0.0504. The van der Waals surface area contributed by atoms with E-state index in [0.29, 0.717) is 30.7 Å². The Kier molecular flexibility index (Phi) is 3.62. The molecule has 2 N–H and O–H groups in total. The summed E-state index contributed by atoms with van der Waals surface area (Å²) in [7, 11) is -3.25. The molecule has 4 heterocycles. The molecule has 2 bridgehead atoms. The Morgan fingerprint density at radius 1 is 1.41 bits per heavy atom. The molecule has 10 heteroatoms. The van der Waals surface area contributed by atoms with Crippen molar-refractivity contribution >= 4 is 27.0 Å². The van der Waals surface area contributed by atoms with Crippen LogP contribution in [-0.2, 0) is 14.8 Å². The predicted octanol–water partition coefficient (Wildman–Crippen LogP) is 0.127. The summed E-state index contributed by atoms with van der Waals surface area (Å²) in [5.41, 5.74) is 1.62. The number of carbonyl (C=O) groups is 1. The first-order valence-electron chi connectivity index (χ1n) is 9.07. The number of likely N-dealkylation sites (tertiary alicyclic amines) is 1. The molecule has 0 aliphatic carbocycles. The zero-order valence-electron chi connectivity index (χ0n) is 14.9. The lowest BCUT2D eigenvalue weighted by Gasteiger charge is -2.29. The van der Waals surface area contributed by atoms with Gasteiger partial charge in [-0.05, 0) is 31.0 Å². The summed E-state index contributed by atoms with van der Waals surface area (Å²) in [5.74, 6) is 0.208. The summed E-state index contributed by atoms with van der Waals surface area (Å²) in [5, 5.41) is 10.6. The smallest absolute Gasteiger partial charge is 0.254 e. The van der Waals surface area contributed by atoms with Gasteiger partial charge in [0.25, 0.3) is 5.91 Å². The molecule has 0 saturated carbocycles. The highest BCUT2D eigenvalue weighted by molar-refractivity contribution is 7.88. The fourth-order valence-electron chi connectivity index (χ4n) is 5.02. The molecular formula is C17H21N5O4S. The number of nitrogens with zero attached hydrogens (tertiary/aromatic N) is 3. The average molecular weight is 391 g/mol. The van der Waals surface area contributed by atoms with E-state index < -0.39 is 10.0 Å². The number of carbonyl (C=O) groups excluding carboxylic acids is 1. The lowest BCUT2D eigenvalue weighted by molar-refractivity contribution is 0.00325. The molecule has 1 spiro atoms. The molecule has 5 rings (SSSR count). The van der Waals surface area contributed by atoms with Crippen LogP contribution in [0.4, 0.5) is 0 Å². The van der Waals surface area contributed by atoms with Crippen LogP contribution in [0, 0.1) is 11.8 Å². The summed E-state index contributed by atoms with van der Waals surface area (Å²) < 4.78 is 31.9. The second-order valence-corrected chi connectivity index (χ2v) is 9.70. The van der Waals surface area contributed by atoms with Crippen LogP contribution < -0.4 is 4.72 Å². The summed E-state index contributed by atoms with van der Waals surface area (Å²) >= 11 is 0. The highest BCUT2D eigenvalue weighted by atomic mass is 32.2. The number of aromatic nitrogens is 3. The van der Waals surface area contributed by atoms with Crippen LogP contribution in [0.2, 0.25) is 0 Å². The summed E-state index contributed by atoms with van der Waals surface area (Å²) in [6, 6.07) is 5.29. The standard InChI is InChI=1S/C17H21N5O4S/c1-27(24,25)18-7-11-12-8-22(9-17(12)5-4-15(11)26-17)16(23)10-2-3-13-14(6-10)20-21-19-13/h2-3,6,11-12,15,18H,4-5,7-9H2,1H3,(H,19,20,21)/t11-,12+,15+,17+/m0/s1. The van der Waals surface area contributed by atoms with Crippen molar-refractivity contribution in [3.05, 3.63) is 23.8 Å². The van der Waals surface area contributed by atoms with Gasteiger partial charge < -0.3 is 9.64 Å². The molecule has 3 fully saturated rings. The van der Waals surface area contributed by atoms with Crippen molar-refractivity contribution in [1.82, 2.24) is 25.0 Å². The van der Waals surface area contributed by atoms with Gasteiger partial charge in [-0.1, -0.05) is 0 Å². The Labute approximate surface area is 156 Å². The van der Waals surface area contributed by atoms with Crippen LogP contribution in [-0.4, -0.2) is 72.2 Å². The van der Waals surface area contributed by atoms with Crippen molar-refractivity contribution < 1.29 is 17.9 Å². The lowest BCUT2D eigenvalue weighted by atomic mass is 9.74. The van der Waals surface area contributed by atoms with Gasteiger partial charge in [-0.2, -0.15) is 15.4 Å². The number of aromatic amines is 1. The first-order chi connectivity index (χ1) is 12.8. The minimum atomic E-state index is -3.25. The van der Waals surface area contributed by atoms with Gasteiger partial charge in [-0.15, -0.1) is 0 Å². The molecule has 1 aromatic carbocycles. The molecule has 144 valence electrons. The number of sulfonamides is 1. The number of nitrogens with one attached hydrogen (secondary N) is 2. The third-order valence-electron chi connectivity index (χ3n) is 6.22. The monoisotopic (exact) mass is 391 g/mol. The first kappa shape index (κ1) is 17.1. The van der Waals surface area contributed by atoms with Crippen LogP contribution in [0.25, 0.3) is 11.0 Å². The highest BCUT2D eigenvalue weighted by Crippen LogP contribution is 2.54. The lowest BCUT2D eigenvalue weighted by Crippen LogP contribution is -2.41. The minimum Gasteiger partial charge on any atom is -0.369 e. The Hall–Kier alpha value is -2.04. The van der Waals surface area contributed by atoms with Crippen molar-refractivity contribution in [1.29, 1.82) is 0 Å². The molecule has 1 amide bonds. The fourth-order valence-corrected chi connectivity index (χ4v) is 5.52. The van der Waals surface area contributed by atoms with E-state index in [-0.39, 0.29) is 29.4 Å². The molecule has 27 heavy (non-hydrogen) atoms. The van der Waals surface area contributed by atoms with Gasteiger partial charge in [0.05, 0.1) is 24.5 Å². The second kappa shape index (κ2) is 5.73. The molecule has 1 aromatic heterocycles. The maximum Gasteiger partial charge on any atom is 0.254 e. The molecular weight excluding hydrogens is 370 g/mol. The van der Waals surface area contributed by atoms with E-state index in [2.05, 4.69) is 20.1 Å². The number of hydrogen-bond acceptors (Lipinski definition) is 6. The van der Waals surface area contributed by atoms with Gasteiger partial charge in [0.1, 0.15) is 11.0 Å². The quantitative estimate of drug-likeness (QED) is 0.765. The van der Waals surface area contributed by atoms with Gasteiger partial charge in [-0.3, -0.25) is 4.79 Å². The largest absolute Gasteiger partial charge is 0.369 e. The van der Waals surface area contributed by atoms with Crippen molar-refractivity contribution in [3.8, 4) is 0 Å². The number of amides is 1. The van der Waals surface area contributed by atoms with E-state index in [9.17, 15) is 13.2 Å². The molecule has 3 aliphatic rings. The molecule has 2 aromatic rings. The first-order valence-corrected chi connectivity index (χ1v) is 11.0. The average Bonchev–Trinajstić information content (AvgIpc) is 3.36. The van der Waals surface area contributed by atoms with E-state index in [1.54, 1.807) is 18.2 Å². The predicted molar refractivity (Wildman–Crippen MR) is 96.5 cm³/mol. The van der Waals surface area contributed by atoms with E-state index in [1.165, 1.54) is 6.26 Å². The summed E-state index contributed by atoms with van der Waals surface area (Å²) in [6.07, 6.45) is 3.08. The number of H-pyrrole nitrogens is 1. The van der Waals surface area contributed by atoms with E-state index in [1.807, 2.05) is 4.90 Å². The molecule has 0 unspecified atom stereocenters. The molecule has 0 radical (unpaired) electrons. The fraction of sp³-hybridized carbons (Fsp3) is 0.588. The summed E-state index contributed by atoms with van der Waals surface area (Å²) in [4.78, 5) is 14.9. The maximum atomic E-state index is 13.0. The zero-order valence-corrected chi connectivity index (χ0v) is 15.7. The Bertz CT molecular complexity index is 1020. The van der Waals surface area contributed by atoms with E-state index >= 15 is 0 Å². The summed E-state index contributed by atoms with van der Waals surface area (Å²) in [6.45, 7) is 1.50. The highest BCUT2D eigenvalue weighted by Gasteiger charge is 2.63.